The molecule has 2 aromatic heterocycles. The summed E-state index contributed by atoms with van der Waals surface area (Å²) in [6.45, 7) is 1.60. The normalized spacial score (nSPS) is 15.1. The summed E-state index contributed by atoms with van der Waals surface area (Å²) in [5.74, 6) is 0.404. The molecular formula is C17H14N4O2S. The second-order valence-electron chi connectivity index (χ2n) is 5.62. The van der Waals surface area contributed by atoms with Crippen LogP contribution in [0, 0.1) is 0 Å². The maximum absolute atomic E-state index is 12.4. The third-order valence-corrected chi connectivity index (χ3v) is 5.90. The fourth-order valence-corrected chi connectivity index (χ4v) is 4.13. The zero-order chi connectivity index (χ0) is 16.9. The van der Waals surface area contributed by atoms with Crippen LogP contribution >= 0.6 is 0 Å². The van der Waals surface area contributed by atoms with E-state index in [4.69, 9.17) is 5.73 Å². The SMILES string of the molecule is CC1=Cc2cc3nccc(Nc4ccnc(N)c4)c3cc2S1(=O)=O. The zero-order valence-corrected chi connectivity index (χ0v) is 13.6. The molecule has 0 unspecified atom stereocenters. The number of nitrogen functional groups attached to an aromatic ring is 1. The number of pyridine rings is 2. The Labute approximate surface area is 139 Å². The summed E-state index contributed by atoms with van der Waals surface area (Å²) in [4.78, 5) is 8.98. The van der Waals surface area contributed by atoms with E-state index in [1.807, 2.05) is 0 Å². The first-order chi connectivity index (χ1) is 11.4. The zero-order valence-electron chi connectivity index (χ0n) is 12.8. The molecule has 1 aliphatic rings. The summed E-state index contributed by atoms with van der Waals surface area (Å²) < 4.78 is 24.8. The molecule has 0 saturated heterocycles. The van der Waals surface area contributed by atoms with E-state index >= 15 is 0 Å². The number of nitrogens with one attached hydrogen (secondary N) is 1. The molecule has 1 aliphatic heterocycles. The van der Waals surface area contributed by atoms with E-state index in [1.165, 1.54) is 0 Å². The summed E-state index contributed by atoms with van der Waals surface area (Å²) in [7, 11) is -3.40. The molecular weight excluding hydrogens is 324 g/mol. The van der Waals surface area contributed by atoms with E-state index in [-0.39, 0.29) is 0 Å². The molecule has 0 aliphatic carbocycles. The van der Waals surface area contributed by atoms with E-state index in [0.29, 0.717) is 21.2 Å². The quantitative estimate of drug-likeness (QED) is 0.745. The predicted molar refractivity (Wildman–Crippen MR) is 94.5 cm³/mol. The van der Waals surface area contributed by atoms with E-state index < -0.39 is 9.84 Å². The first-order valence-corrected chi connectivity index (χ1v) is 8.78. The fraction of sp³-hybridized carbons (Fsp3) is 0.0588. The van der Waals surface area contributed by atoms with Gasteiger partial charge in [0.25, 0.3) is 0 Å². The third-order valence-electron chi connectivity index (χ3n) is 4.01. The van der Waals surface area contributed by atoms with Gasteiger partial charge in [0, 0.05) is 40.1 Å². The summed E-state index contributed by atoms with van der Waals surface area (Å²) in [6.07, 6.45) is 4.97. The van der Waals surface area contributed by atoms with Crippen molar-refractivity contribution in [3.05, 3.63) is 53.2 Å². The van der Waals surface area contributed by atoms with Crippen LogP contribution in [0.1, 0.15) is 12.5 Å². The minimum atomic E-state index is -3.40. The number of hydrogen-bond acceptors (Lipinski definition) is 6. The molecule has 0 radical (unpaired) electrons. The molecule has 3 N–H and O–H groups in total. The highest BCUT2D eigenvalue weighted by molar-refractivity contribution is 7.95. The lowest BCUT2D eigenvalue weighted by Crippen LogP contribution is -2.00. The average molecular weight is 338 g/mol. The van der Waals surface area contributed by atoms with Crippen molar-refractivity contribution < 1.29 is 8.42 Å². The minimum absolute atomic E-state index is 0.317. The monoisotopic (exact) mass is 338 g/mol. The Balaban J connectivity index is 1.89. The number of rotatable bonds is 2. The van der Waals surface area contributed by atoms with Gasteiger partial charge in [-0.2, -0.15) is 0 Å². The van der Waals surface area contributed by atoms with Gasteiger partial charge >= 0.3 is 0 Å². The van der Waals surface area contributed by atoms with Crippen molar-refractivity contribution >= 4 is 44.0 Å². The number of fused-ring (bicyclic) bond motifs is 2. The molecule has 0 spiro atoms. The van der Waals surface area contributed by atoms with Gasteiger partial charge in [-0.25, -0.2) is 13.4 Å². The highest BCUT2D eigenvalue weighted by Crippen LogP contribution is 2.37. The van der Waals surface area contributed by atoms with Gasteiger partial charge in [0.15, 0.2) is 0 Å². The van der Waals surface area contributed by atoms with E-state index in [1.54, 1.807) is 55.7 Å². The number of hydrogen-bond donors (Lipinski definition) is 2. The van der Waals surface area contributed by atoms with Gasteiger partial charge in [-0.1, -0.05) is 0 Å². The van der Waals surface area contributed by atoms with Crippen LogP contribution in [0.25, 0.3) is 17.0 Å². The Bertz CT molecular complexity index is 1120. The first kappa shape index (κ1) is 14.6. The van der Waals surface area contributed by atoms with Crippen molar-refractivity contribution in [2.24, 2.45) is 0 Å². The Morgan fingerprint density at radius 3 is 2.67 bits per heavy atom. The first-order valence-electron chi connectivity index (χ1n) is 7.30. The lowest BCUT2D eigenvalue weighted by Gasteiger charge is -2.11. The van der Waals surface area contributed by atoms with Crippen LogP contribution in [0.5, 0.6) is 0 Å². The highest BCUT2D eigenvalue weighted by Gasteiger charge is 2.27. The van der Waals surface area contributed by atoms with Gasteiger partial charge < -0.3 is 11.1 Å². The maximum Gasteiger partial charge on any atom is 0.203 e. The second kappa shape index (κ2) is 5.04. The van der Waals surface area contributed by atoms with Crippen molar-refractivity contribution in [3.8, 4) is 0 Å². The number of anilines is 3. The van der Waals surface area contributed by atoms with Gasteiger partial charge in [-0.05, 0) is 42.8 Å². The van der Waals surface area contributed by atoms with Gasteiger partial charge in [-0.15, -0.1) is 0 Å². The predicted octanol–water partition coefficient (Wildman–Crippen LogP) is 3.10. The van der Waals surface area contributed by atoms with Crippen LogP contribution in [-0.4, -0.2) is 18.4 Å². The van der Waals surface area contributed by atoms with Crippen LogP contribution < -0.4 is 11.1 Å². The Morgan fingerprint density at radius 1 is 1.08 bits per heavy atom. The number of nitrogens with zero attached hydrogens (tertiary/aromatic N) is 2. The number of allylic oxidation sites excluding steroid dienone is 1. The largest absolute Gasteiger partial charge is 0.384 e. The fourth-order valence-electron chi connectivity index (χ4n) is 2.80. The lowest BCUT2D eigenvalue weighted by molar-refractivity contribution is 0.603. The van der Waals surface area contributed by atoms with Gasteiger partial charge in [0.1, 0.15) is 5.82 Å². The van der Waals surface area contributed by atoms with Crippen molar-refractivity contribution in [1.82, 2.24) is 9.97 Å². The van der Waals surface area contributed by atoms with Gasteiger partial charge in [-0.3, -0.25) is 4.98 Å². The highest BCUT2D eigenvalue weighted by atomic mass is 32.2. The number of sulfone groups is 1. The van der Waals surface area contributed by atoms with Gasteiger partial charge in [0.2, 0.25) is 9.84 Å². The Hall–Kier alpha value is -2.93. The van der Waals surface area contributed by atoms with E-state index in [9.17, 15) is 8.42 Å². The summed E-state index contributed by atoms with van der Waals surface area (Å²) in [6, 6.07) is 8.77. The molecule has 4 rings (SSSR count). The molecule has 3 heterocycles. The molecule has 1 aromatic carbocycles. The molecule has 3 aromatic rings. The van der Waals surface area contributed by atoms with Crippen molar-refractivity contribution in [2.75, 3.05) is 11.1 Å². The Morgan fingerprint density at radius 2 is 1.88 bits per heavy atom. The van der Waals surface area contributed by atoms with E-state index in [0.717, 1.165) is 22.3 Å². The molecule has 120 valence electrons. The molecule has 0 amide bonds. The third kappa shape index (κ3) is 2.21. The van der Waals surface area contributed by atoms with Crippen LogP contribution in [0.4, 0.5) is 17.2 Å². The minimum Gasteiger partial charge on any atom is -0.384 e. The molecule has 7 heteroatoms. The number of nitrogens with two attached hydrogens (primary N) is 1. The molecule has 24 heavy (non-hydrogen) atoms. The molecule has 0 fully saturated rings. The second-order valence-corrected chi connectivity index (χ2v) is 7.71. The molecule has 6 nitrogen and oxygen atoms in total. The lowest BCUT2D eigenvalue weighted by atomic mass is 10.1. The smallest absolute Gasteiger partial charge is 0.203 e. The van der Waals surface area contributed by atoms with Gasteiger partial charge in [0.05, 0.1) is 10.4 Å². The van der Waals surface area contributed by atoms with Crippen LogP contribution in [0.15, 0.2) is 52.5 Å². The van der Waals surface area contributed by atoms with Crippen LogP contribution in [0.2, 0.25) is 0 Å². The standard InChI is InChI=1S/C17H14N4O2S/c1-10-6-11-7-15-13(9-16(11)24(10,22)23)14(3-5-19-15)21-12-2-4-20-17(18)8-12/h2-9H,1H3,(H3,18,19,20,21). The van der Waals surface area contributed by atoms with Crippen molar-refractivity contribution in [2.45, 2.75) is 11.8 Å². The summed E-state index contributed by atoms with van der Waals surface area (Å²) in [5, 5.41) is 3.98. The molecule has 0 bridgehead atoms. The summed E-state index contributed by atoms with van der Waals surface area (Å²) >= 11 is 0. The number of benzene rings is 1. The number of aromatic nitrogens is 2. The molecule has 0 atom stereocenters. The summed E-state index contributed by atoms with van der Waals surface area (Å²) in [5.41, 5.74) is 8.63. The Kier molecular flexibility index (Phi) is 3.07. The van der Waals surface area contributed by atoms with Crippen LogP contribution in [0.3, 0.4) is 0 Å². The van der Waals surface area contributed by atoms with Crippen LogP contribution in [-0.2, 0) is 9.84 Å². The van der Waals surface area contributed by atoms with E-state index in [2.05, 4.69) is 15.3 Å². The molecule has 0 saturated carbocycles. The van der Waals surface area contributed by atoms with Crippen molar-refractivity contribution in [3.63, 3.8) is 0 Å². The average Bonchev–Trinajstić information content (AvgIpc) is 2.75. The topological polar surface area (TPSA) is 98.0 Å². The van der Waals surface area contributed by atoms with Crippen molar-refractivity contribution in [1.29, 1.82) is 0 Å². The maximum atomic E-state index is 12.4.